The standard InChI is InChI=1S/C17H12N2O2/c1-21-17(20)16-14-12-8-4-2-6-10(12)11-7-3-5-9-13(11)15(14)18-19-16/h2-9H,1H3,(H,18,19). The van der Waals surface area contributed by atoms with Crippen molar-refractivity contribution in [3.05, 3.63) is 54.2 Å². The second kappa shape index (κ2) is 4.31. The average Bonchev–Trinajstić information content (AvgIpc) is 3.00. The third kappa shape index (κ3) is 1.56. The van der Waals surface area contributed by atoms with Gasteiger partial charge in [0.1, 0.15) is 5.52 Å². The Kier molecular flexibility index (Phi) is 2.44. The van der Waals surface area contributed by atoms with E-state index in [2.05, 4.69) is 22.3 Å². The van der Waals surface area contributed by atoms with E-state index in [9.17, 15) is 4.79 Å². The number of hydrogen-bond donors (Lipinski definition) is 1. The van der Waals surface area contributed by atoms with E-state index < -0.39 is 5.97 Å². The Hall–Kier alpha value is -2.88. The van der Waals surface area contributed by atoms with E-state index in [-0.39, 0.29) is 0 Å². The van der Waals surface area contributed by atoms with E-state index >= 15 is 0 Å². The molecule has 0 bridgehead atoms. The summed E-state index contributed by atoms with van der Waals surface area (Å²) in [5.41, 5.74) is 1.19. The van der Waals surface area contributed by atoms with Crippen molar-refractivity contribution in [1.82, 2.24) is 10.2 Å². The number of esters is 1. The lowest BCUT2D eigenvalue weighted by Gasteiger charge is -2.06. The number of fused-ring (bicyclic) bond motifs is 6. The van der Waals surface area contributed by atoms with E-state index in [1.807, 2.05) is 36.4 Å². The number of carbonyl (C=O) groups excluding carboxylic acids is 1. The number of benzene rings is 3. The van der Waals surface area contributed by atoms with Gasteiger partial charge < -0.3 is 4.74 Å². The number of H-pyrrole nitrogens is 1. The summed E-state index contributed by atoms with van der Waals surface area (Å²) in [4.78, 5) is 12.0. The first kappa shape index (κ1) is 11.9. The molecule has 1 heterocycles. The van der Waals surface area contributed by atoms with Crippen LogP contribution in [0.3, 0.4) is 0 Å². The first-order chi connectivity index (χ1) is 10.3. The van der Waals surface area contributed by atoms with Crippen molar-refractivity contribution >= 4 is 38.4 Å². The number of rotatable bonds is 1. The minimum atomic E-state index is -0.405. The van der Waals surface area contributed by atoms with Crippen molar-refractivity contribution in [2.24, 2.45) is 0 Å². The molecule has 1 N–H and O–H groups in total. The number of nitrogens with one attached hydrogen (secondary N) is 1. The summed E-state index contributed by atoms with van der Waals surface area (Å²) in [6.07, 6.45) is 0. The monoisotopic (exact) mass is 276 g/mol. The van der Waals surface area contributed by atoms with E-state index in [1.165, 1.54) is 7.11 Å². The highest BCUT2D eigenvalue weighted by molar-refractivity contribution is 6.27. The maximum absolute atomic E-state index is 12.0. The Morgan fingerprint density at radius 2 is 1.52 bits per heavy atom. The van der Waals surface area contributed by atoms with E-state index in [1.54, 1.807) is 0 Å². The number of carbonyl (C=O) groups is 1. The zero-order valence-corrected chi connectivity index (χ0v) is 11.4. The lowest BCUT2D eigenvalue weighted by molar-refractivity contribution is 0.0596. The van der Waals surface area contributed by atoms with E-state index in [0.717, 1.165) is 32.4 Å². The third-order valence-electron chi connectivity index (χ3n) is 3.82. The van der Waals surface area contributed by atoms with Gasteiger partial charge in [-0.15, -0.1) is 0 Å². The van der Waals surface area contributed by atoms with Crippen molar-refractivity contribution in [2.75, 3.05) is 7.11 Å². The molecule has 0 spiro atoms. The van der Waals surface area contributed by atoms with Crippen LogP contribution >= 0.6 is 0 Å². The summed E-state index contributed by atoms with van der Waals surface area (Å²) in [5, 5.41) is 12.2. The molecule has 0 saturated carbocycles. The van der Waals surface area contributed by atoms with Gasteiger partial charge in [0.25, 0.3) is 0 Å². The summed E-state index contributed by atoms with van der Waals surface area (Å²) in [7, 11) is 1.37. The van der Waals surface area contributed by atoms with Crippen LogP contribution in [0.1, 0.15) is 10.5 Å². The van der Waals surface area contributed by atoms with Gasteiger partial charge in [0.2, 0.25) is 0 Å². The van der Waals surface area contributed by atoms with Crippen molar-refractivity contribution in [3.8, 4) is 0 Å². The third-order valence-corrected chi connectivity index (χ3v) is 3.82. The van der Waals surface area contributed by atoms with Gasteiger partial charge >= 0.3 is 5.97 Å². The molecule has 0 amide bonds. The molecule has 4 rings (SSSR count). The smallest absolute Gasteiger partial charge is 0.356 e. The van der Waals surface area contributed by atoms with Gasteiger partial charge in [-0.25, -0.2) is 4.79 Å². The molecule has 3 aromatic carbocycles. The number of nitrogens with zero attached hydrogens (tertiary/aromatic N) is 1. The largest absolute Gasteiger partial charge is 0.464 e. The SMILES string of the molecule is COC(=O)c1[nH]nc2c3ccccc3c3ccccc3c12. The summed E-state index contributed by atoms with van der Waals surface area (Å²) in [5.74, 6) is -0.405. The summed E-state index contributed by atoms with van der Waals surface area (Å²) < 4.78 is 4.85. The van der Waals surface area contributed by atoms with Crippen molar-refractivity contribution in [3.63, 3.8) is 0 Å². The number of aromatic nitrogens is 2. The second-order valence-electron chi connectivity index (χ2n) is 4.90. The first-order valence-electron chi connectivity index (χ1n) is 6.67. The fourth-order valence-corrected chi connectivity index (χ4v) is 2.91. The number of hydrogen-bond acceptors (Lipinski definition) is 3. The maximum Gasteiger partial charge on any atom is 0.356 e. The highest BCUT2D eigenvalue weighted by atomic mass is 16.5. The number of ether oxygens (including phenoxy) is 1. The Morgan fingerprint density at radius 3 is 2.19 bits per heavy atom. The molecule has 1 aromatic heterocycles. The first-order valence-corrected chi connectivity index (χ1v) is 6.67. The zero-order chi connectivity index (χ0) is 14.4. The average molecular weight is 276 g/mol. The number of aromatic amines is 1. The summed E-state index contributed by atoms with van der Waals surface area (Å²) in [6.45, 7) is 0. The predicted octanol–water partition coefficient (Wildman–Crippen LogP) is 3.66. The topological polar surface area (TPSA) is 55.0 Å². The Bertz CT molecular complexity index is 1000. The predicted molar refractivity (Wildman–Crippen MR) is 82.4 cm³/mol. The van der Waals surface area contributed by atoms with Crippen LogP contribution in [0, 0.1) is 0 Å². The summed E-state index contributed by atoms with van der Waals surface area (Å²) >= 11 is 0. The van der Waals surface area contributed by atoms with Crippen molar-refractivity contribution in [1.29, 1.82) is 0 Å². The maximum atomic E-state index is 12.0. The second-order valence-corrected chi connectivity index (χ2v) is 4.90. The van der Waals surface area contributed by atoms with Crippen molar-refractivity contribution < 1.29 is 9.53 Å². The van der Waals surface area contributed by atoms with Gasteiger partial charge in [0.15, 0.2) is 5.69 Å². The lowest BCUT2D eigenvalue weighted by atomic mass is 9.97. The van der Waals surface area contributed by atoms with Gasteiger partial charge in [-0.3, -0.25) is 5.10 Å². The molecule has 0 radical (unpaired) electrons. The Balaban J connectivity index is 2.32. The fraction of sp³-hybridized carbons (Fsp3) is 0.0588. The molecule has 0 aliphatic carbocycles. The molecule has 4 heteroatoms. The molecule has 0 unspecified atom stereocenters. The molecule has 0 atom stereocenters. The van der Waals surface area contributed by atoms with E-state index in [4.69, 9.17) is 4.74 Å². The van der Waals surface area contributed by atoms with Gasteiger partial charge in [0, 0.05) is 10.8 Å². The molecule has 0 aliphatic rings. The molecular formula is C17H12N2O2. The van der Waals surface area contributed by atoms with Crippen LogP contribution < -0.4 is 0 Å². The van der Waals surface area contributed by atoms with Crippen LogP contribution in [0.2, 0.25) is 0 Å². The normalized spacial score (nSPS) is 11.3. The molecule has 4 nitrogen and oxygen atoms in total. The number of methoxy groups -OCH3 is 1. The molecule has 102 valence electrons. The lowest BCUT2D eigenvalue weighted by Crippen LogP contribution is -2.02. The zero-order valence-electron chi connectivity index (χ0n) is 11.4. The molecular weight excluding hydrogens is 264 g/mol. The molecule has 0 aliphatic heterocycles. The molecule has 0 fully saturated rings. The quantitative estimate of drug-likeness (QED) is 0.426. The van der Waals surface area contributed by atoms with E-state index in [0.29, 0.717) is 5.69 Å². The minimum Gasteiger partial charge on any atom is -0.464 e. The van der Waals surface area contributed by atoms with Crippen LogP contribution in [0.15, 0.2) is 48.5 Å². The van der Waals surface area contributed by atoms with Crippen LogP contribution in [0.25, 0.3) is 32.4 Å². The Morgan fingerprint density at radius 1 is 0.952 bits per heavy atom. The molecule has 0 saturated heterocycles. The van der Waals surface area contributed by atoms with Crippen LogP contribution in [-0.2, 0) is 4.74 Å². The fourth-order valence-electron chi connectivity index (χ4n) is 2.91. The van der Waals surface area contributed by atoms with Gasteiger partial charge in [-0.05, 0) is 16.2 Å². The highest BCUT2D eigenvalue weighted by Crippen LogP contribution is 2.35. The molecule has 4 aromatic rings. The van der Waals surface area contributed by atoms with Gasteiger partial charge in [-0.1, -0.05) is 48.5 Å². The Labute approximate surface area is 120 Å². The summed E-state index contributed by atoms with van der Waals surface area (Å²) in [6, 6.07) is 16.1. The van der Waals surface area contributed by atoms with Crippen molar-refractivity contribution in [2.45, 2.75) is 0 Å². The van der Waals surface area contributed by atoms with Crippen LogP contribution in [0.4, 0.5) is 0 Å². The van der Waals surface area contributed by atoms with Crippen LogP contribution in [-0.4, -0.2) is 23.3 Å². The van der Waals surface area contributed by atoms with Gasteiger partial charge in [-0.2, -0.15) is 5.10 Å². The minimum absolute atomic E-state index is 0.398. The molecule has 21 heavy (non-hydrogen) atoms. The van der Waals surface area contributed by atoms with Gasteiger partial charge in [0.05, 0.1) is 7.11 Å². The highest BCUT2D eigenvalue weighted by Gasteiger charge is 2.19. The van der Waals surface area contributed by atoms with Crippen LogP contribution in [0.5, 0.6) is 0 Å².